The van der Waals surface area contributed by atoms with Crippen LogP contribution < -0.4 is 15.4 Å². The Kier molecular flexibility index (Phi) is 10.6. The zero-order valence-electron chi connectivity index (χ0n) is 15.6. The molecule has 0 aromatic carbocycles. The molecule has 0 aliphatic rings. The standard InChI is InChI=1S/C18H23F3N4OS.HI/c1-3-22-17(24-8-13(2)15-6-7-27-11-15)25-10-14-4-5-16(23-9-14)26-12-18(19,20)21;/h4-7,9,11,13H,3,8,10,12H2,1-2H3,(H2,22,24,25);1H. The molecule has 0 amide bonds. The Balaban J connectivity index is 0.00000392. The van der Waals surface area contributed by atoms with Gasteiger partial charge < -0.3 is 15.4 Å². The molecule has 0 aliphatic heterocycles. The first-order chi connectivity index (χ1) is 12.9. The van der Waals surface area contributed by atoms with Crippen LogP contribution in [0.4, 0.5) is 13.2 Å². The summed E-state index contributed by atoms with van der Waals surface area (Å²) in [7, 11) is 0. The minimum atomic E-state index is -4.38. The van der Waals surface area contributed by atoms with Crippen LogP contribution >= 0.6 is 35.3 Å². The van der Waals surface area contributed by atoms with Crippen molar-refractivity contribution in [3.05, 3.63) is 46.3 Å². The number of aliphatic imine (C=N–C) groups is 1. The molecule has 2 rings (SSSR count). The van der Waals surface area contributed by atoms with Crippen molar-refractivity contribution in [3.8, 4) is 5.88 Å². The molecule has 0 radical (unpaired) electrons. The van der Waals surface area contributed by atoms with Gasteiger partial charge in [0.2, 0.25) is 5.88 Å². The van der Waals surface area contributed by atoms with Gasteiger partial charge in [-0.05, 0) is 40.8 Å². The number of ether oxygens (including phenoxy) is 1. The van der Waals surface area contributed by atoms with Gasteiger partial charge in [-0.3, -0.25) is 0 Å². The summed E-state index contributed by atoms with van der Waals surface area (Å²) < 4.78 is 41.0. The number of rotatable bonds is 8. The molecule has 0 saturated carbocycles. The summed E-state index contributed by atoms with van der Waals surface area (Å²) >= 11 is 1.67. The number of nitrogens with zero attached hydrogens (tertiary/aromatic N) is 2. The predicted octanol–water partition coefficient (Wildman–Crippen LogP) is 4.56. The van der Waals surface area contributed by atoms with E-state index in [0.29, 0.717) is 18.4 Å². The molecule has 1 atom stereocenters. The number of hydrogen-bond acceptors (Lipinski definition) is 4. The summed E-state index contributed by atoms with van der Waals surface area (Å²) in [6.07, 6.45) is -2.91. The lowest BCUT2D eigenvalue weighted by atomic mass is 10.1. The first-order valence-electron chi connectivity index (χ1n) is 8.56. The Morgan fingerprint density at radius 1 is 1.29 bits per heavy atom. The highest BCUT2D eigenvalue weighted by molar-refractivity contribution is 14.0. The van der Waals surface area contributed by atoms with E-state index in [1.807, 2.05) is 6.92 Å². The molecule has 2 aromatic rings. The summed E-state index contributed by atoms with van der Waals surface area (Å²) in [5.41, 5.74) is 2.06. The van der Waals surface area contributed by atoms with Crippen LogP contribution in [0.2, 0.25) is 0 Å². The second-order valence-electron chi connectivity index (χ2n) is 5.94. The molecule has 28 heavy (non-hydrogen) atoms. The monoisotopic (exact) mass is 528 g/mol. The van der Waals surface area contributed by atoms with Crippen molar-refractivity contribution in [2.75, 3.05) is 19.7 Å². The number of thiophene rings is 1. The van der Waals surface area contributed by atoms with Gasteiger partial charge in [0.25, 0.3) is 0 Å². The van der Waals surface area contributed by atoms with Crippen LogP contribution in [0.15, 0.2) is 40.1 Å². The quantitative estimate of drug-likeness (QED) is 0.300. The van der Waals surface area contributed by atoms with Crippen LogP contribution in [-0.4, -0.2) is 36.8 Å². The average molecular weight is 528 g/mol. The zero-order valence-corrected chi connectivity index (χ0v) is 18.8. The van der Waals surface area contributed by atoms with E-state index in [1.54, 1.807) is 17.4 Å². The van der Waals surface area contributed by atoms with E-state index in [1.165, 1.54) is 17.8 Å². The molecule has 2 heterocycles. The molecule has 1 unspecified atom stereocenters. The first-order valence-corrected chi connectivity index (χ1v) is 9.50. The zero-order chi connectivity index (χ0) is 19.7. The lowest BCUT2D eigenvalue weighted by Crippen LogP contribution is -2.39. The molecule has 0 saturated heterocycles. The van der Waals surface area contributed by atoms with E-state index < -0.39 is 12.8 Å². The van der Waals surface area contributed by atoms with E-state index in [4.69, 9.17) is 0 Å². The fourth-order valence-corrected chi connectivity index (χ4v) is 2.96. The Hall–Kier alpha value is -1.56. The van der Waals surface area contributed by atoms with Crippen LogP contribution in [0, 0.1) is 0 Å². The highest BCUT2D eigenvalue weighted by Gasteiger charge is 2.28. The molecule has 2 N–H and O–H groups in total. The van der Waals surface area contributed by atoms with Crippen LogP contribution in [0.1, 0.15) is 30.9 Å². The number of pyridine rings is 1. The van der Waals surface area contributed by atoms with Crippen molar-refractivity contribution in [2.24, 2.45) is 4.99 Å². The molecule has 2 aromatic heterocycles. The minimum absolute atomic E-state index is 0. The summed E-state index contributed by atoms with van der Waals surface area (Å²) in [5.74, 6) is 0.971. The first kappa shape index (κ1) is 24.5. The van der Waals surface area contributed by atoms with Crippen molar-refractivity contribution < 1.29 is 17.9 Å². The summed E-state index contributed by atoms with van der Waals surface area (Å²) in [6.45, 7) is 4.59. The van der Waals surface area contributed by atoms with Crippen molar-refractivity contribution in [1.82, 2.24) is 15.6 Å². The highest BCUT2D eigenvalue weighted by Crippen LogP contribution is 2.18. The van der Waals surface area contributed by atoms with Gasteiger partial charge in [-0.2, -0.15) is 24.5 Å². The molecule has 5 nitrogen and oxygen atoms in total. The average Bonchev–Trinajstić information content (AvgIpc) is 3.17. The van der Waals surface area contributed by atoms with Gasteiger partial charge in [-0.15, -0.1) is 24.0 Å². The van der Waals surface area contributed by atoms with Crippen LogP contribution in [-0.2, 0) is 6.54 Å². The maximum absolute atomic E-state index is 12.1. The van der Waals surface area contributed by atoms with Crippen LogP contribution in [0.5, 0.6) is 5.88 Å². The van der Waals surface area contributed by atoms with Gasteiger partial charge in [-0.1, -0.05) is 13.0 Å². The Bertz CT molecular complexity index is 709. The van der Waals surface area contributed by atoms with Crippen molar-refractivity contribution in [1.29, 1.82) is 0 Å². The molecule has 10 heteroatoms. The molecule has 0 aliphatic carbocycles. The van der Waals surface area contributed by atoms with Crippen molar-refractivity contribution in [2.45, 2.75) is 32.5 Å². The van der Waals surface area contributed by atoms with Crippen molar-refractivity contribution >= 4 is 41.3 Å². The number of hydrogen-bond donors (Lipinski definition) is 2. The predicted molar refractivity (Wildman–Crippen MR) is 117 cm³/mol. The van der Waals surface area contributed by atoms with Crippen LogP contribution in [0.3, 0.4) is 0 Å². The Labute approximate surface area is 183 Å². The SMILES string of the molecule is CCNC(=NCc1ccc(OCC(F)(F)F)nc1)NCC(C)c1ccsc1.I. The second kappa shape index (κ2) is 12.1. The molecule has 0 fully saturated rings. The third-order valence-electron chi connectivity index (χ3n) is 3.63. The van der Waals surface area contributed by atoms with E-state index >= 15 is 0 Å². The summed E-state index contributed by atoms with van der Waals surface area (Å²) in [6, 6.07) is 5.17. The second-order valence-corrected chi connectivity index (χ2v) is 6.72. The van der Waals surface area contributed by atoms with E-state index in [9.17, 15) is 13.2 Å². The highest BCUT2D eigenvalue weighted by atomic mass is 127. The number of nitrogens with one attached hydrogen (secondary N) is 2. The van der Waals surface area contributed by atoms with Gasteiger partial charge in [0.1, 0.15) is 0 Å². The lowest BCUT2D eigenvalue weighted by molar-refractivity contribution is -0.154. The smallest absolute Gasteiger partial charge is 0.422 e. The summed E-state index contributed by atoms with van der Waals surface area (Å²) in [4.78, 5) is 8.37. The molecule has 156 valence electrons. The number of guanidine groups is 1. The van der Waals surface area contributed by atoms with Crippen molar-refractivity contribution in [3.63, 3.8) is 0 Å². The lowest BCUT2D eigenvalue weighted by Gasteiger charge is -2.15. The third-order valence-corrected chi connectivity index (χ3v) is 4.33. The van der Waals surface area contributed by atoms with Gasteiger partial charge in [0.15, 0.2) is 12.6 Å². The maximum Gasteiger partial charge on any atom is 0.422 e. The van der Waals surface area contributed by atoms with Gasteiger partial charge in [-0.25, -0.2) is 9.98 Å². The number of halogens is 4. The minimum Gasteiger partial charge on any atom is -0.468 e. The maximum atomic E-state index is 12.1. The largest absolute Gasteiger partial charge is 0.468 e. The molecular weight excluding hydrogens is 504 g/mol. The molecule has 0 bridgehead atoms. The number of alkyl halides is 3. The van der Waals surface area contributed by atoms with E-state index in [2.05, 4.69) is 49.1 Å². The Morgan fingerprint density at radius 2 is 2.07 bits per heavy atom. The van der Waals surface area contributed by atoms with E-state index in [0.717, 1.165) is 18.7 Å². The fraction of sp³-hybridized carbons (Fsp3) is 0.444. The molecular formula is C18H24F3IN4OS. The third kappa shape index (κ3) is 9.09. The summed E-state index contributed by atoms with van der Waals surface area (Å²) in [5, 5.41) is 10.7. The van der Waals surface area contributed by atoms with Gasteiger partial charge >= 0.3 is 6.18 Å². The van der Waals surface area contributed by atoms with Crippen LogP contribution in [0.25, 0.3) is 0 Å². The van der Waals surface area contributed by atoms with Gasteiger partial charge in [0, 0.05) is 25.4 Å². The molecule has 0 spiro atoms. The van der Waals surface area contributed by atoms with Gasteiger partial charge in [0.05, 0.1) is 6.54 Å². The van der Waals surface area contributed by atoms with E-state index in [-0.39, 0.29) is 29.9 Å². The normalized spacial score (nSPS) is 12.8. The Morgan fingerprint density at radius 3 is 2.64 bits per heavy atom. The number of aromatic nitrogens is 1. The fourth-order valence-electron chi connectivity index (χ4n) is 2.18. The topological polar surface area (TPSA) is 58.5 Å².